The first-order valence-corrected chi connectivity index (χ1v) is 8.54. The Hall–Kier alpha value is -1.84. The van der Waals surface area contributed by atoms with Crippen LogP contribution in [0.3, 0.4) is 0 Å². The van der Waals surface area contributed by atoms with Crippen LogP contribution >= 0.6 is 0 Å². The van der Waals surface area contributed by atoms with Crippen LogP contribution in [0.25, 0.3) is 21.8 Å². The van der Waals surface area contributed by atoms with Gasteiger partial charge in [-0.25, -0.2) is 0 Å². The van der Waals surface area contributed by atoms with E-state index in [1.165, 1.54) is 21.8 Å². The summed E-state index contributed by atoms with van der Waals surface area (Å²) in [5, 5.41) is 2.57. The van der Waals surface area contributed by atoms with E-state index in [4.69, 9.17) is 9.47 Å². The number of nitrogens with zero attached hydrogens (tertiary/aromatic N) is 1. The average Bonchev–Trinajstić information content (AvgIpc) is 2.91. The predicted molar refractivity (Wildman–Crippen MR) is 95.7 cm³/mol. The minimum absolute atomic E-state index is 0.200. The van der Waals surface area contributed by atoms with Crippen molar-refractivity contribution in [3.8, 4) is 0 Å². The van der Waals surface area contributed by atoms with E-state index >= 15 is 0 Å². The Labute approximate surface area is 137 Å². The number of ether oxygens (including phenoxy) is 2. The van der Waals surface area contributed by atoms with E-state index in [1.54, 1.807) is 0 Å². The van der Waals surface area contributed by atoms with Crippen molar-refractivity contribution >= 4 is 21.8 Å². The molecular weight excluding hydrogens is 286 g/mol. The highest BCUT2D eigenvalue weighted by Crippen LogP contribution is 2.29. The summed E-state index contributed by atoms with van der Waals surface area (Å²) >= 11 is 0. The van der Waals surface area contributed by atoms with Crippen molar-refractivity contribution < 1.29 is 9.47 Å². The van der Waals surface area contributed by atoms with Crippen LogP contribution in [0.2, 0.25) is 0 Å². The lowest BCUT2D eigenvalue weighted by Gasteiger charge is -2.20. The van der Waals surface area contributed by atoms with Gasteiger partial charge in [-0.15, -0.1) is 0 Å². The topological polar surface area (TPSA) is 23.4 Å². The smallest absolute Gasteiger partial charge is 0.175 e. The summed E-state index contributed by atoms with van der Waals surface area (Å²) in [4.78, 5) is 0. The summed E-state index contributed by atoms with van der Waals surface area (Å²) in [6.45, 7) is 6.42. The highest BCUT2D eigenvalue weighted by Gasteiger charge is 2.15. The first-order valence-electron chi connectivity index (χ1n) is 8.54. The highest BCUT2D eigenvalue weighted by molar-refractivity contribution is 6.07. The molecule has 122 valence electrons. The number of para-hydroxylation sites is 2. The first-order chi connectivity index (χ1) is 11.3. The summed E-state index contributed by atoms with van der Waals surface area (Å²) in [6, 6.07) is 17.1. The Morgan fingerprint density at radius 3 is 1.74 bits per heavy atom. The zero-order valence-electron chi connectivity index (χ0n) is 14.0. The molecule has 1 aromatic heterocycles. The van der Waals surface area contributed by atoms with E-state index in [-0.39, 0.29) is 6.29 Å². The van der Waals surface area contributed by atoms with Gasteiger partial charge < -0.3 is 14.0 Å². The van der Waals surface area contributed by atoms with Gasteiger partial charge in [0, 0.05) is 35.0 Å². The molecule has 3 aromatic rings. The third-order valence-electron chi connectivity index (χ3n) is 4.03. The van der Waals surface area contributed by atoms with Gasteiger partial charge in [0.2, 0.25) is 0 Å². The standard InChI is InChI=1S/C20H25NO2/c1-3-13-22-20(23-14-4-2)15-21-18-11-7-5-9-16(18)17-10-6-8-12-19(17)21/h5-12,20H,3-4,13-15H2,1-2H3. The number of hydrogen-bond acceptors (Lipinski definition) is 2. The molecule has 0 N–H and O–H groups in total. The molecular formula is C20H25NO2. The average molecular weight is 311 g/mol. The molecule has 0 unspecified atom stereocenters. The minimum Gasteiger partial charge on any atom is -0.351 e. The van der Waals surface area contributed by atoms with Crippen LogP contribution in [0, 0.1) is 0 Å². The number of hydrogen-bond donors (Lipinski definition) is 0. The molecule has 0 saturated heterocycles. The first kappa shape index (κ1) is 16.0. The summed E-state index contributed by atoms with van der Waals surface area (Å²) in [5.41, 5.74) is 2.47. The van der Waals surface area contributed by atoms with Crippen LogP contribution in [0.15, 0.2) is 48.5 Å². The Balaban J connectivity index is 1.98. The van der Waals surface area contributed by atoms with Crippen LogP contribution in [0.5, 0.6) is 0 Å². The monoisotopic (exact) mass is 311 g/mol. The Bertz CT molecular complexity index is 701. The van der Waals surface area contributed by atoms with Gasteiger partial charge in [0.05, 0.1) is 6.54 Å². The molecule has 0 bridgehead atoms. The number of fused-ring (bicyclic) bond motifs is 3. The number of rotatable bonds is 8. The SMILES string of the molecule is CCCOC(Cn1c2ccccc2c2ccccc21)OCCC. The second-order valence-electron chi connectivity index (χ2n) is 5.82. The van der Waals surface area contributed by atoms with Crippen LogP contribution in [0.4, 0.5) is 0 Å². The van der Waals surface area contributed by atoms with Crippen molar-refractivity contribution in [1.82, 2.24) is 4.57 Å². The maximum Gasteiger partial charge on any atom is 0.175 e. The van der Waals surface area contributed by atoms with Crippen LogP contribution in [-0.2, 0) is 16.0 Å². The highest BCUT2D eigenvalue weighted by atomic mass is 16.7. The molecule has 3 nitrogen and oxygen atoms in total. The molecule has 0 saturated carbocycles. The molecule has 3 heteroatoms. The largest absolute Gasteiger partial charge is 0.351 e. The second kappa shape index (κ2) is 7.62. The van der Waals surface area contributed by atoms with E-state index in [2.05, 4.69) is 66.9 Å². The Kier molecular flexibility index (Phi) is 5.31. The van der Waals surface area contributed by atoms with Crippen LogP contribution in [-0.4, -0.2) is 24.1 Å². The van der Waals surface area contributed by atoms with Gasteiger partial charge in [-0.3, -0.25) is 0 Å². The van der Waals surface area contributed by atoms with E-state index in [1.807, 2.05) is 0 Å². The fourth-order valence-electron chi connectivity index (χ4n) is 3.00. The molecule has 0 radical (unpaired) electrons. The predicted octanol–water partition coefficient (Wildman–Crippen LogP) is 4.97. The lowest BCUT2D eigenvalue weighted by Crippen LogP contribution is -2.24. The van der Waals surface area contributed by atoms with Gasteiger partial charge in [0.15, 0.2) is 6.29 Å². The van der Waals surface area contributed by atoms with Crippen molar-refractivity contribution in [3.63, 3.8) is 0 Å². The minimum atomic E-state index is -0.200. The maximum absolute atomic E-state index is 5.92. The molecule has 3 rings (SSSR count). The van der Waals surface area contributed by atoms with Gasteiger partial charge in [-0.1, -0.05) is 50.2 Å². The van der Waals surface area contributed by atoms with Crippen LogP contribution < -0.4 is 0 Å². The van der Waals surface area contributed by atoms with Crippen molar-refractivity contribution in [3.05, 3.63) is 48.5 Å². The molecule has 0 atom stereocenters. The van der Waals surface area contributed by atoms with Gasteiger partial charge in [0.25, 0.3) is 0 Å². The van der Waals surface area contributed by atoms with Gasteiger partial charge in [0.1, 0.15) is 0 Å². The lowest BCUT2D eigenvalue weighted by molar-refractivity contribution is -0.148. The molecule has 0 fully saturated rings. The Morgan fingerprint density at radius 1 is 0.783 bits per heavy atom. The second-order valence-corrected chi connectivity index (χ2v) is 5.82. The normalized spacial score (nSPS) is 11.8. The van der Waals surface area contributed by atoms with Crippen molar-refractivity contribution in [2.45, 2.75) is 39.5 Å². The van der Waals surface area contributed by atoms with E-state index in [9.17, 15) is 0 Å². The quantitative estimate of drug-likeness (QED) is 0.548. The molecule has 0 aliphatic rings. The lowest BCUT2D eigenvalue weighted by atomic mass is 10.2. The molecule has 0 aliphatic carbocycles. The van der Waals surface area contributed by atoms with Crippen molar-refractivity contribution in [2.24, 2.45) is 0 Å². The fourth-order valence-corrected chi connectivity index (χ4v) is 3.00. The van der Waals surface area contributed by atoms with E-state index < -0.39 is 0 Å². The number of aromatic nitrogens is 1. The van der Waals surface area contributed by atoms with Gasteiger partial charge >= 0.3 is 0 Å². The summed E-state index contributed by atoms with van der Waals surface area (Å²) in [7, 11) is 0. The molecule has 0 amide bonds. The zero-order valence-corrected chi connectivity index (χ0v) is 14.0. The zero-order chi connectivity index (χ0) is 16.1. The van der Waals surface area contributed by atoms with Crippen molar-refractivity contribution in [2.75, 3.05) is 13.2 Å². The molecule has 1 heterocycles. The third kappa shape index (κ3) is 3.41. The molecule has 23 heavy (non-hydrogen) atoms. The summed E-state index contributed by atoms with van der Waals surface area (Å²) in [6.07, 6.45) is 1.80. The molecule has 0 spiro atoms. The maximum atomic E-state index is 5.92. The van der Waals surface area contributed by atoms with Crippen LogP contribution in [0.1, 0.15) is 26.7 Å². The molecule has 2 aromatic carbocycles. The number of benzene rings is 2. The third-order valence-corrected chi connectivity index (χ3v) is 4.03. The molecule has 0 aliphatic heterocycles. The van der Waals surface area contributed by atoms with Gasteiger partial charge in [-0.2, -0.15) is 0 Å². The summed E-state index contributed by atoms with van der Waals surface area (Å²) in [5.74, 6) is 0. The van der Waals surface area contributed by atoms with E-state index in [0.717, 1.165) is 26.1 Å². The fraction of sp³-hybridized carbons (Fsp3) is 0.400. The Morgan fingerprint density at radius 2 is 1.26 bits per heavy atom. The van der Waals surface area contributed by atoms with Gasteiger partial charge in [-0.05, 0) is 25.0 Å². The summed E-state index contributed by atoms with van der Waals surface area (Å²) < 4.78 is 14.2. The van der Waals surface area contributed by atoms with Crippen molar-refractivity contribution in [1.29, 1.82) is 0 Å². The van der Waals surface area contributed by atoms with E-state index in [0.29, 0.717) is 6.54 Å².